The summed E-state index contributed by atoms with van der Waals surface area (Å²) in [5, 5.41) is 10.2. The Balaban J connectivity index is 2.46. The molecule has 1 rings (SSSR count). The van der Waals surface area contributed by atoms with Gasteiger partial charge in [-0.25, -0.2) is 0 Å². The van der Waals surface area contributed by atoms with Crippen LogP contribution in [-0.2, 0) is 4.74 Å². The minimum absolute atomic E-state index is 0.0774. The lowest BCUT2D eigenvalue weighted by molar-refractivity contribution is -0.0464. The van der Waals surface area contributed by atoms with Gasteiger partial charge in [0.2, 0.25) is 0 Å². The van der Waals surface area contributed by atoms with Crippen LogP contribution in [0, 0.1) is 5.92 Å². The monoisotopic (exact) mass is 187 g/mol. The van der Waals surface area contributed by atoms with Gasteiger partial charge in [-0.3, -0.25) is 0 Å². The number of hydrogen-bond acceptors (Lipinski definition) is 3. The van der Waals surface area contributed by atoms with Crippen molar-refractivity contribution in [2.45, 2.75) is 44.2 Å². The van der Waals surface area contributed by atoms with E-state index >= 15 is 0 Å². The predicted octanol–water partition coefficient (Wildman–Crippen LogP) is 0.901. The van der Waals surface area contributed by atoms with E-state index in [0.29, 0.717) is 18.9 Å². The third-order valence-electron chi connectivity index (χ3n) is 3.16. The van der Waals surface area contributed by atoms with E-state index in [0.717, 1.165) is 19.3 Å². The topological polar surface area (TPSA) is 55.5 Å². The molecule has 0 spiro atoms. The minimum atomic E-state index is -0.678. The van der Waals surface area contributed by atoms with E-state index in [9.17, 15) is 5.11 Å². The lowest BCUT2D eigenvalue weighted by Gasteiger charge is -2.40. The second-order valence-corrected chi connectivity index (χ2v) is 4.33. The summed E-state index contributed by atoms with van der Waals surface area (Å²) in [5.41, 5.74) is 5.26. The second-order valence-electron chi connectivity index (χ2n) is 4.33. The van der Waals surface area contributed by atoms with Crippen molar-refractivity contribution in [1.29, 1.82) is 0 Å². The normalized spacial score (nSPS) is 40.6. The second kappa shape index (κ2) is 4.40. The van der Waals surface area contributed by atoms with Crippen LogP contribution in [0.25, 0.3) is 0 Å². The summed E-state index contributed by atoms with van der Waals surface area (Å²) in [6, 6.07) is -0.0774. The summed E-state index contributed by atoms with van der Waals surface area (Å²) in [7, 11) is 1.65. The summed E-state index contributed by atoms with van der Waals surface area (Å²) in [6.45, 7) is 2.79. The molecule has 13 heavy (non-hydrogen) atoms. The predicted molar refractivity (Wildman–Crippen MR) is 52.4 cm³/mol. The van der Waals surface area contributed by atoms with Crippen molar-refractivity contribution in [3.8, 4) is 0 Å². The van der Waals surface area contributed by atoms with E-state index in [-0.39, 0.29) is 6.04 Å². The Bertz CT molecular complexity index is 159. The first-order chi connectivity index (χ1) is 6.08. The Morgan fingerprint density at radius 2 is 2.31 bits per heavy atom. The van der Waals surface area contributed by atoms with Crippen LogP contribution in [-0.4, -0.2) is 30.5 Å². The average molecular weight is 187 g/mol. The van der Waals surface area contributed by atoms with E-state index in [4.69, 9.17) is 10.5 Å². The highest BCUT2D eigenvalue weighted by Crippen LogP contribution is 2.33. The van der Waals surface area contributed by atoms with Crippen LogP contribution >= 0.6 is 0 Å². The summed E-state index contributed by atoms with van der Waals surface area (Å²) in [4.78, 5) is 0. The summed E-state index contributed by atoms with van der Waals surface area (Å²) in [5.74, 6) is 0.651. The van der Waals surface area contributed by atoms with Crippen molar-refractivity contribution < 1.29 is 9.84 Å². The van der Waals surface area contributed by atoms with Crippen molar-refractivity contribution in [1.82, 2.24) is 0 Å². The van der Waals surface area contributed by atoms with Crippen molar-refractivity contribution >= 4 is 0 Å². The van der Waals surface area contributed by atoms with Crippen LogP contribution < -0.4 is 5.73 Å². The number of methoxy groups -OCH3 is 1. The molecule has 3 atom stereocenters. The van der Waals surface area contributed by atoms with Gasteiger partial charge < -0.3 is 15.6 Å². The van der Waals surface area contributed by atoms with Gasteiger partial charge in [0.05, 0.1) is 5.60 Å². The number of rotatable bonds is 3. The zero-order valence-electron chi connectivity index (χ0n) is 8.62. The van der Waals surface area contributed by atoms with Gasteiger partial charge in [-0.15, -0.1) is 0 Å². The van der Waals surface area contributed by atoms with Gasteiger partial charge in [0.15, 0.2) is 0 Å². The van der Waals surface area contributed by atoms with Crippen LogP contribution in [0.3, 0.4) is 0 Å². The molecule has 0 aromatic heterocycles. The maximum Gasteiger partial charge on any atom is 0.0820 e. The fourth-order valence-corrected chi connectivity index (χ4v) is 2.04. The number of ether oxygens (including phenoxy) is 1. The molecule has 0 aliphatic heterocycles. The Morgan fingerprint density at radius 1 is 1.62 bits per heavy atom. The molecule has 1 aliphatic carbocycles. The lowest BCUT2D eigenvalue weighted by Crippen LogP contribution is -2.52. The van der Waals surface area contributed by atoms with Gasteiger partial charge in [-0.1, -0.05) is 6.92 Å². The molecule has 3 nitrogen and oxygen atoms in total. The highest BCUT2D eigenvalue weighted by molar-refractivity contribution is 4.94. The number of hydrogen-bond donors (Lipinski definition) is 2. The van der Waals surface area contributed by atoms with Crippen LogP contribution in [0.2, 0.25) is 0 Å². The van der Waals surface area contributed by atoms with Crippen molar-refractivity contribution in [3.05, 3.63) is 0 Å². The Morgan fingerprint density at radius 3 is 2.85 bits per heavy atom. The molecule has 0 heterocycles. The SMILES string of the molecule is COCCC1(O)CCC(C)CC1N. The van der Waals surface area contributed by atoms with Crippen molar-refractivity contribution in [2.75, 3.05) is 13.7 Å². The van der Waals surface area contributed by atoms with Crippen LogP contribution in [0.4, 0.5) is 0 Å². The van der Waals surface area contributed by atoms with Gasteiger partial charge in [-0.05, 0) is 25.2 Å². The number of nitrogens with two attached hydrogens (primary N) is 1. The maximum absolute atomic E-state index is 10.2. The molecule has 1 fully saturated rings. The number of aliphatic hydroxyl groups is 1. The molecule has 78 valence electrons. The Kier molecular flexibility index (Phi) is 3.71. The largest absolute Gasteiger partial charge is 0.388 e. The van der Waals surface area contributed by atoms with E-state index in [2.05, 4.69) is 6.92 Å². The molecule has 3 heteroatoms. The van der Waals surface area contributed by atoms with Gasteiger partial charge in [-0.2, -0.15) is 0 Å². The zero-order valence-corrected chi connectivity index (χ0v) is 8.62. The third-order valence-corrected chi connectivity index (χ3v) is 3.16. The molecule has 0 aromatic rings. The van der Waals surface area contributed by atoms with E-state index in [1.807, 2.05) is 0 Å². The average Bonchev–Trinajstić information content (AvgIpc) is 2.09. The fraction of sp³-hybridized carbons (Fsp3) is 1.00. The van der Waals surface area contributed by atoms with Crippen molar-refractivity contribution in [3.63, 3.8) is 0 Å². The highest BCUT2D eigenvalue weighted by atomic mass is 16.5. The van der Waals surface area contributed by atoms with Crippen LogP contribution in [0.1, 0.15) is 32.6 Å². The third kappa shape index (κ3) is 2.66. The maximum atomic E-state index is 10.2. The molecule has 0 radical (unpaired) electrons. The molecule has 0 bridgehead atoms. The first-order valence-electron chi connectivity index (χ1n) is 5.05. The molecule has 3 unspecified atom stereocenters. The van der Waals surface area contributed by atoms with Crippen LogP contribution in [0.15, 0.2) is 0 Å². The summed E-state index contributed by atoms with van der Waals surface area (Å²) >= 11 is 0. The van der Waals surface area contributed by atoms with Gasteiger partial charge >= 0.3 is 0 Å². The molecule has 0 amide bonds. The zero-order chi connectivity index (χ0) is 9.90. The van der Waals surface area contributed by atoms with Crippen LogP contribution in [0.5, 0.6) is 0 Å². The lowest BCUT2D eigenvalue weighted by atomic mass is 9.74. The molecular formula is C10H21NO2. The van der Waals surface area contributed by atoms with Gasteiger partial charge in [0.1, 0.15) is 0 Å². The Hall–Kier alpha value is -0.120. The van der Waals surface area contributed by atoms with Gasteiger partial charge in [0.25, 0.3) is 0 Å². The quantitative estimate of drug-likeness (QED) is 0.690. The molecular weight excluding hydrogens is 166 g/mol. The smallest absolute Gasteiger partial charge is 0.0820 e. The first kappa shape index (κ1) is 11.0. The summed E-state index contributed by atoms with van der Waals surface area (Å²) in [6.07, 6.45) is 3.49. The fourth-order valence-electron chi connectivity index (χ4n) is 2.04. The molecule has 1 saturated carbocycles. The van der Waals surface area contributed by atoms with Gasteiger partial charge in [0, 0.05) is 26.2 Å². The Labute approximate surface area is 80.3 Å². The first-order valence-corrected chi connectivity index (χ1v) is 5.05. The molecule has 0 saturated heterocycles. The van der Waals surface area contributed by atoms with E-state index < -0.39 is 5.60 Å². The minimum Gasteiger partial charge on any atom is -0.388 e. The molecule has 1 aliphatic rings. The highest BCUT2D eigenvalue weighted by Gasteiger charge is 2.38. The van der Waals surface area contributed by atoms with Crippen molar-refractivity contribution in [2.24, 2.45) is 11.7 Å². The molecule has 0 aromatic carbocycles. The molecule has 3 N–H and O–H groups in total. The van der Waals surface area contributed by atoms with E-state index in [1.54, 1.807) is 7.11 Å². The standard InChI is InChI=1S/C10H21NO2/c1-8-3-4-10(12,5-6-13-2)9(11)7-8/h8-9,12H,3-7,11H2,1-2H3. The van der Waals surface area contributed by atoms with E-state index in [1.165, 1.54) is 0 Å². The summed E-state index contributed by atoms with van der Waals surface area (Å²) < 4.78 is 4.97.